The maximum Gasteiger partial charge on any atom is 0.314 e. The Hall–Kier alpha value is -2.89. The van der Waals surface area contributed by atoms with Gasteiger partial charge in [-0.15, -0.1) is 0 Å². The molecule has 2 N–H and O–H groups in total. The Balaban J connectivity index is 1.58. The van der Waals surface area contributed by atoms with Gasteiger partial charge >= 0.3 is 6.03 Å². The minimum atomic E-state index is -0.206. The van der Waals surface area contributed by atoms with Gasteiger partial charge < -0.3 is 24.8 Å². The lowest BCUT2D eigenvalue weighted by atomic mass is 10.1. The van der Waals surface area contributed by atoms with E-state index in [-0.39, 0.29) is 6.03 Å². The van der Waals surface area contributed by atoms with Crippen molar-refractivity contribution in [3.8, 4) is 17.2 Å². The first kappa shape index (κ1) is 18.4. The van der Waals surface area contributed by atoms with Crippen LogP contribution in [-0.4, -0.2) is 39.9 Å². The molecule has 6 heteroatoms. The van der Waals surface area contributed by atoms with Crippen molar-refractivity contribution in [2.24, 2.45) is 0 Å². The largest absolute Gasteiger partial charge is 0.497 e. The Labute approximate surface area is 148 Å². The summed E-state index contributed by atoms with van der Waals surface area (Å²) in [6, 6.07) is 14.9. The van der Waals surface area contributed by atoms with Gasteiger partial charge in [-0.05, 0) is 36.2 Å². The quantitative estimate of drug-likeness (QED) is 0.686. The number of amides is 2. The molecular formula is C19H24N2O4. The molecule has 0 unspecified atom stereocenters. The molecule has 2 rings (SSSR count). The van der Waals surface area contributed by atoms with Gasteiger partial charge in [0.2, 0.25) is 0 Å². The van der Waals surface area contributed by atoms with Crippen LogP contribution < -0.4 is 24.8 Å². The third kappa shape index (κ3) is 6.63. The summed E-state index contributed by atoms with van der Waals surface area (Å²) in [4.78, 5) is 11.7. The van der Waals surface area contributed by atoms with Gasteiger partial charge in [0.25, 0.3) is 0 Å². The lowest BCUT2D eigenvalue weighted by molar-refractivity contribution is 0.236. The van der Waals surface area contributed by atoms with Crippen molar-refractivity contribution in [3.63, 3.8) is 0 Å². The van der Waals surface area contributed by atoms with E-state index in [4.69, 9.17) is 14.2 Å². The highest BCUT2D eigenvalue weighted by atomic mass is 16.5. The molecule has 0 aliphatic rings. The number of ether oxygens (including phenoxy) is 3. The number of nitrogens with one attached hydrogen (secondary N) is 2. The van der Waals surface area contributed by atoms with Crippen molar-refractivity contribution in [3.05, 3.63) is 54.1 Å². The standard InChI is InChI=1S/C19H24N2O4/c1-23-16-8-6-15(7-9-16)10-11-20-19(22)21-12-13-25-18-5-3-4-17(14-18)24-2/h3-9,14H,10-13H2,1-2H3,(H2,20,21,22). The van der Waals surface area contributed by atoms with Crippen LogP contribution in [0.4, 0.5) is 4.79 Å². The molecular weight excluding hydrogens is 320 g/mol. The fraction of sp³-hybridized carbons (Fsp3) is 0.316. The second-order valence-corrected chi connectivity index (χ2v) is 5.31. The number of methoxy groups -OCH3 is 2. The van der Waals surface area contributed by atoms with Crippen LogP contribution in [0, 0.1) is 0 Å². The summed E-state index contributed by atoms with van der Waals surface area (Å²) in [6.07, 6.45) is 0.762. The molecule has 0 aliphatic heterocycles. The lowest BCUT2D eigenvalue weighted by Crippen LogP contribution is -2.38. The van der Waals surface area contributed by atoms with Gasteiger partial charge in [-0.25, -0.2) is 4.79 Å². The van der Waals surface area contributed by atoms with E-state index in [9.17, 15) is 4.79 Å². The van der Waals surface area contributed by atoms with Gasteiger partial charge in [-0.1, -0.05) is 18.2 Å². The molecule has 2 aromatic rings. The molecule has 25 heavy (non-hydrogen) atoms. The van der Waals surface area contributed by atoms with Crippen LogP contribution in [0.5, 0.6) is 17.2 Å². The fourth-order valence-corrected chi connectivity index (χ4v) is 2.20. The van der Waals surface area contributed by atoms with Crippen LogP contribution in [0.25, 0.3) is 0 Å². The molecule has 0 heterocycles. The number of rotatable bonds is 9. The Morgan fingerprint density at radius 1 is 0.880 bits per heavy atom. The summed E-state index contributed by atoms with van der Waals surface area (Å²) < 4.78 is 15.8. The maximum atomic E-state index is 11.7. The number of carbonyl (C=O) groups excluding carboxylic acids is 1. The zero-order valence-corrected chi connectivity index (χ0v) is 14.6. The average molecular weight is 344 g/mol. The topological polar surface area (TPSA) is 68.8 Å². The predicted octanol–water partition coefficient (Wildman–Crippen LogP) is 2.62. The Morgan fingerprint density at radius 3 is 2.28 bits per heavy atom. The van der Waals surface area contributed by atoms with E-state index in [0.717, 1.165) is 23.5 Å². The second kappa shape index (κ2) is 10.1. The van der Waals surface area contributed by atoms with E-state index in [0.29, 0.717) is 25.4 Å². The van der Waals surface area contributed by atoms with Gasteiger partial charge in [0.05, 0.1) is 20.8 Å². The monoisotopic (exact) mass is 344 g/mol. The predicted molar refractivity (Wildman–Crippen MR) is 96.6 cm³/mol. The zero-order chi connectivity index (χ0) is 17.9. The molecule has 0 spiro atoms. The van der Waals surface area contributed by atoms with Crippen molar-refractivity contribution >= 4 is 6.03 Å². The Kier molecular flexibility index (Phi) is 7.43. The number of hydrogen-bond acceptors (Lipinski definition) is 4. The maximum absolute atomic E-state index is 11.7. The summed E-state index contributed by atoms with van der Waals surface area (Å²) in [6.45, 7) is 1.37. The summed E-state index contributed by atoms with van der Waals surface area (Å²) in [5.74, 6) is 2.27. The van der Waals surface area contributed by atoms with Gasteiger partial charge in [-0.3, -0.25) is 0 Å². The smallest absolute Gasteiger partial charge is 0.314 e. The van der Waals surface area contributed by atoms with Gasteiger partial charge in [0, 0.05) is 12.6 Å². The second-order valence-electron chi connectivity index (χ2n) is 5.31. The summed E-state index contributed by atoms with van der Waals surface area (Å²) in [7, 11) is 3.25. The molecule has 0 atom stereocenters. The van der Waals surface area contributed by atoms with Crippen molar-refractivity contribution in [1.82, 2.24) is 10.6 Å². The van der Waals surface area contributed by atoms with E-state index < -0.39 is 0 Å². The van der Waals surface area contributed by atoms with Crippen molar-refractivity contribution in [1.29, 1.82) is 0 Å². The van der Waals surface area contributed by atoms with Gasteiger partial charge in [0.1, 0.15) is 23.9 Å². The van der Waals surface area contributed by atoms with E-state index >= 15 is 0 Å². The Bertz CT molecular complexity index is 659. The molecule has 2 aromatic carbocycles. The third-order valence-electron chi connectivity index (χ3n) is 3.56. The molecule has 134 valence electrons. The van der Waals surface area contributed by atoms with Gasteiger partial charge in [0.15, 0.2) is 0 Å². The summed E-state index contributed by atoms with van der Waals surface area (Å²) in [5, 5.41) is 5.58. The molecule has 0 fully saturated rings. The van der Waals surface area contributed by atoms with Crippen LogP contribution in [0.15, 0.2) is 48.5 Å². The molecule has 6 nitrogen and oxygen atoms in total. The molecule has 2 amide bonds. The molecule has 0 aromatic heterocycles. The molecule has 0 saturated carbocycles. The van der Waals surface area contributed by atoms with E-state index in [1.807, 2.05) is 42.5 Å². The van der Waals surface area contributed by atoms with Crippen molar-refractivity contribution in [2.75, 3.05) is 33.9 Å². The van der Waals surface area contributed by atoms with Crippen LogP contribution >= 0.6 is 0 Å². The number of urea groups is 1. The van der Waals surface area contributed by atoms with E-state index in [1.54, 1.807) is 20.3 Å². The molecule has 0 bridgehead atoms. The highest BCUT2D eigenvalue weighted by Gasteiger charge is 2.01. The van der Waals surface area contributed by atoms with Gasteiger partial charge in [-0.2, -0.15) is 0 Å². The van der Waals surface area contributed by atoms with E-state index in [2.05, 4.69) is 10.6 Å². The first-order valence-electron chi connectivity index (χ1n) is 8.13. The normalized spacial score (nSPS) is 10.0. The average Bonchev–Trinajstić information content (AvgIpc) is 2.66. The van der Waals surface area contributed by atoms with Crippen LogP contribution in [-0.2, 0) is 6.42 Å². The van der Waals surface area contributed by atoms with Crippen molar-refractivity contribution < 1.29 is 19.0 Å². The number of carbonyl (C=O) groups is 1. The Morgan fingerprint density at radius 2 is 1.56 bits per heavy atom. The molecule has 0 aliphatic carbocycles. The zero-order valence-electron chi connectivity index (χ0n) is 14.6. The molecule has 0 saturated heterocycles. The molecule has 0 radical (unpaired) electrons. The first-order valence-corrected chi connectivity index (χ1v) is 8.13. The van der Waals surface area contributed by atoms with Crippen LogP contribution in [0.2, 0.25) is 0 Å². The van der Waals surface area contributed by atoms with E-state index in [1.165, 1.54) is 0 Å². The summed E-state index contributed by atoms with van der Waals surface area (Å²) >= 11 is 0. The highest BCUT2D eigenvalue weighted by Crippen LogP contribution is 2.18. The number of hydrogen-bond donors (Lipinski definition) is 2. The highest BCUT2D eigenvalue weighted by molar-refractivity contribution is 5.73. The lowest BCUT2D eigenvalue weighted by Gasteiger charge is -2.10. The number of benzene rings is 2. The minimum absolute atomic E-state index is 0.206. The van der Waals surface area contributed by atoms with Crippen molar-refractivity contribution in [2.45, 2.75) is 6.42 Å². The summed E-state index contributed by atoms with van der Waals surface area (Å²) in [5.41, 5.74) is 1.14. The minimum Gasteiger partial charge on any atom is -0.497 e. The fourth-order valence-electron chi connectivity index (χ4n) is 2.20. The van der Waals surface area contributed by atoms with Crippen LogP contribution in [0.3, 0.4) is 0 Å². The first-order chi connectivity index (χ1) is 12.2. The third-order valence-corrected chi connectivity index (χ3v) is 3.56. The van der Waals surface area contributed by atoms with Crippen LogP contribution in [0.1, 0.15) is 5.56 Å². The SMILES string of the molecule is COc1ccc(CCNC(=O)NCCOc2cccc(OC)c2)cc1.